The van der Waals surface area contributed by atoms with Gasteiger partial charge in [0.15, 0.2) is 0 Å². The maximum Gasteiger partial charge on any atom is 0.267 e. The Kier molecular flexibility index (Phi) is 11.0. The first kappa shape index (κ1) is 24.1. The highest BCUT2D eigenvalue weighted by Gasteiger charge is 2.08. The Morgan fingerprint density at radius 1 is 1.14 bits per heavy atom. The van der Waals surface area contributed by atoms with Crippen LogP contribution in [0.4, 0.5) is 0 Å². The molecule has 6 nitrogen and oxygen atoms in total. The van der Waals surface area contributed by atoms with Gasteiger partial charge in [-0.3, -0.25) is 10.0 Å². The molecule has 1 heterocycles. The number of hydrogen-bond donors (Lipinski definition) is 3. The first-order valence-electron chi connectivity index (χ1n) is 9.81. The number of hydroxylamine groups is 1. The number of aromatic nitrogens is 2. The molecule has 0 aliphatic heterocycles. The molecule has 0 aliphatic rings. The maximum absolute atomic E-state index is 11.1. The number of imidazole rings is 1. The molecule has 0 fully saturated rings. The molecule has 0 radical (unpaired) electrons. The van der Waals surface area contributed by atoms with E-state index in [-0.39, 0.29) is 6.61 Å². The van der Waals surface area contributed by atoms with Gasteiger partial charge in [-0.25, -0.2) is 10.5 Å². The van der Waals surface area contributed by atoms with E-state index in [0.717, 1.165) is 35.3 Å². The second-order valence-electron chi connectivity index (χ2n) is 5.95. The second-order valence-corrected chi connectivity index (χ2v) is 5.95. The summed E-state index contributed by atoms with van der Waals surface area (Å²) in [5.41, 5.74) is 5.68. The molecule has 0 saturated heterocycles. The summed E-state index contributed by atoms with van der Waals surface area (Å²) in [6, 6.07) is 16.2. The van der Waals surface area contributed by atoms with E-state index >= 15 is 0 Å². The minimum absolute atomic E-state index is 0.250. The van der Waals surface area contributed by atoms with Crippen molar-refractivity contribution < 1.29 is 15.1 Å². The lowest BCUT2D eigenvalue weighted by Gasteiger charge is -2.03. The number of nitrogens with zero attached hydrogens (tertiary/aromatic N) is 2. The average Bonchev–Trinajstić information content (AvgIpc) is 3.08. The van der Waals surface area contributed by atoms with Crippen molar-refractivity contribution in [2.24, 2.45) is 7.05 Å². The molecule has 2 aromatic carbocycles. The molecule has 0 bridgehead atoms. The number of aliphatic hydroxyl groups is 1. The van der Waals surface area contributed by atoms with Gasteiger partial charge in [0.25, 0.3) is 5.91 Å². The largest absolute Gasteiger partial charge is 0.397 e. The number of aliphatic hydroxyl groups excluding tert-OH is 1. The monoisotopic (exact) mass is 397 g/mol. The third-order valence-corrected chi connectivity index (χ3v) is 4.01. The third-order valence-electron chi connectivity index (χ3n) is 4.01. The van der Waals surface area contributed by atoms with Crippen LogP contribution in [0.3, 0.4) is 0 Å². The Balaban J connectivity index is 0.000000771. The zero-order chi connectivity index (χ0) is 21.6. The van der Waals surface area contributed by atoms with E-state index in [9.17, 15) is 4.79 Å². The number of carbonyl (C=O) groups is 1. The molecular weight excluding hydrogens is 366 g/mol. The summed E-state index contributed by atoms with van der Waals surface area (Å²) >= 11 is 0. The van der Waals surface area contributed by atoms with Crippen LogP contribution in [0.15, 0.2) is 54.6 Å². The molecule has 0 atom stereocenters. The van der Waals surface area contributed by atoms with Crippen LogP contribution in [0.25, 0.3) is 17.1 Å². The van der Waals surface area contributed by atoms with Gasteiger partial charge in [0.2, 0.25) is 0 Å². The number of amides is 1. The van der Waals surface area contributed by atoms with Gasteiger partial charge < -0.3 is 9.67 Å². The summed E-state index contributed by atoms with van der Waals surface area (Å²) in [4.78, 5) is 15.8. The van der Waals surface area contributed by atoms with Crippen LogP contribution in [0, 0.1) is 0 Å². The van der Waals surface area contributed by atoms with E-state index in [1.807, 2.05) is 57.3 Å². The Morgan fingerprint density at radius 3 is 2.41 bits per heavy atom. The fraction of sp³-hybridized carbons (Fsp3) is 0.304. The highest BCUT2D eigenvalue weighted by atomic mass is 16.5. The Morgan fingerprint density at radius 2 is 1.79 bits per heavy atom. The molecule has 3 rings (SSSR count). The van der Waals surface area contributed by atoms with Gasteiger partial charge in [-0.05, 0) is 42.7 Å². The lowest BCUT2D eigenvalue weighted by Crippen LogP contribution is -2.14. The predicted molar refractivity (Wildman–Crippen MR) is 118 cm³/mol. The summed E-state index contributed by atoms with van der Waals surface area (Å²) in [6.07, 6.45) is 4.73. The minimum Gasteiger partial charge on any atom is -0.397 e. The maximum atomic E-state index is 11.1. The molecule has 6 heteroatoms. The number of hydrogen-bond acceptors (Lipinski definition) is 4. The van der Waals surface area contributed by atoms with Crippen LogP contribution >= 0.6 is 0 Å². The van der Waals surface area contributed by atoms with Gasteiger partial charge >= 0.3 is 0 Å². The van der Waals surface area contributed by atoms with Crippen LogP contribution < -0.4 is 5.48 Å². The predicted octanol–water partition coefficient (Wildman–Crippen LogP) is 3.90. The number of fused-ring (bicyclic) bond motifs is 1. The number of rotatable bonds is 5. The fourth-order valence-electron chi connectivity index (χ4n) is 2.70. The quantitative estimate of drug-likeness (QED) is 0.346. The normalized spacial score (nSPS) is 10.1. The Bertz CT molecular complexity index is 902. The fourth-order valence-corrected chi connectivity index (χ4v) is 2.70. The molecule has 3 N–H and O–H groups in total. The van der Waals surface area contributed by atoms with Gasteiger partial charge in [-0.1, -0.05) is 50.2 Å². The molecule has 1 amide bonds. The molecule has 156 valence electrons. The minimum atomic E-state index is -0.556. The number of benzene rings is 2. The number of nitrogens with one attached hydrogen (secondary N) is 1. The van der Waals surface area contributed by atoms with E-state index in [2.05, 4.69) is 16.7 Å². The summed E-state index contributed by atoms with van der Waals surface area (Å²) in [5.74, 6) is 0.475. The van der Waals surface area contributed by atoms with Gasteiger partial charge in [0, 0.05) is 26.2 Å². The highest BCUT2D eigenvalue weighted by molar-refractivity contribution is 5.91. The van der Waals surface area contributed by atoms with Crippen molar-refractivity contribution in [3.05, 3.63) is 71.6 Å². The van der Waals surface area contributed by atoms with E-state index in [0.29, 0.717) is 0 Å². The third kappa shape index (κ3) is 7.52. The Hall–Kier alpha value is -2.96. The molecule has 3 aromatic rings. The first-order chi connectivity index (χ1) is 14.1. The van der Waals surface area contributed by atoms with Gasteiger partial charge in [-0.15, -0.1) is 0 Å². The van der Waals surface area contributed by atoms with E-state index in [1.54, 1.807) is 18.5 Å². The number of carbonyl (C=O) groups excluding carboxylic acids is 1. The van der Waals surface area contributed by atoms with Crippen molar-refractivity contribution in [2.75, 3.05) is 6.61 Å². The lowest BCUT2D eigenvalue weighted by molar-refractivity contribution is -0.124. The zero-order valence-corrected chi connectivity index (χ0v) is 17.6. The molecule has 0 unspecified atom stereocenters. The van der Waals surface area contributed by atoms with E-state index in [1.165, 1.54) is 11.6 Å². The molecule has 0 aliphatic carbocycles. The standard InChI is InChI=1S/C19H19N3O2.C2H6O.C2H6/c1-22-17-10-7-15(9-12-19(23)21-24)13-16(17)20-18(22)11-8-14-5-3-2-4-6-14;1-2-3;1-2/h2-7,9-10,12-13,24H,8,11H2,1H3,(H,21,23);3H,2H2,1H3;1-2H3/b12-9+;;. The smallest absolute Gasteiger partial charge is 0.267 e. The van der Waals surface area contributed by atoms with Crippen LogP contribution in [0.2, 0.25) is 0 Å². The summed E-state index contributed by atoms with van der Waals surface area (Å²) in [6.45, 7) is 5.93. The molecule has 0 saturated carbocycles. The molecular formula is C23H31N3O3. The average molecular weight is 398 g/mol. The lowest BCUT2D eigenvalue weighted by atomic mass is 10.1. The van der Waals surface area contributed by atoms with Crippen molar-refractivity contribution in [1.82, 2.24) is 15.0 Å². The van der Waals surface area contributed by atoms with Crippen LogP contribution in [0.5, 0.6) is 0 Å². The van der Waals surface area contributed by atoms with Crippen LogP contribution in [0.1, 0.15) is 37.7 Å². The number of aryl methyl sites for hydroxylation is 3. The van der Waals surface area contributed by atoms with Gasteiger partial charge in [0.1, 0.15) is 5.82 Å². The summed E-state index contributed by atoms with van der Waals surface area (Å²) in [5, 5.41) is 16.1. The van der Waals surface area contributed by atoms with Crippen molar-refractivity contribution in [3.63, 3.8) is 0 Å². The first-order valence-corrected chi connectivity index (χ1v) is 9.81. The van der Waals surface area contributed by atoms with Crippen LogP contribution in [-0.2, 0) is 24.7 Å². The topological polar surface area (TPSA) is 87.4 Å². The molecule has 1 aromatic heterocycles. The van der Waals surface area contributed by atoms with Crippen molar-refractivity contribution in [3.8, 4) is 0 Å². The van der Waals surface area contributed by atoms with Crippen molar-refractivity contribution in [1.29, 1.82) is 0 Å². The van der Waals surface area contributed by atoms with Crippen LogP contribution in [-0.4, -0.2) is 32.4 Å². The van der Waals surface area contributed by atoms with Crippen molar-refractivity contribution >= 4 is 23.0 Å². The van der Waals surface area contributed by atoms with Gasteiger partial charge in [0.05, 0.1) is 11.0 Å². The van der Waals surface area contributed by atoms with Crippen molar-refractivity contribution in [2.45, 2.75) is 33.6 Å². The van der Waals surface area contributed by atoms with Gasteiger partial charge in [-0.2, -0.15) is 0 Å². The van der Waals surface area contributed by atoms with E-state index < -0.39 is 5.91 Å². The molecule has 0 spiro atoms. The zero-order valence-electron chi connectivity index (χ0n) is 17.6. The summed E-state index contributed by atoms with van der Waals surface area (Å²) in [7, 11) is 2.02. The summed E-state index contributed by atoms with van der Waals surface area (Å²) < 4.78 is 2.10. The van der Waals surface area contributed by atoms with E-state index in [4.69, 9.17) is 15.3 Å². The highest BCUT2D eigenvalue weighted by Crippen LogP contribution is 2.19. The molecule has 29 heavy (non-hydrogen) atoms. The Labute approximate surface area is 172 Å². The second kappa shape index (κ2) is 13.3. The SMILES string of the molecule is CC.CCO.Cn1c(CCc2ccccc2)nc2cc(/C=C/C(=O)NO)ccc21.